The molecule has 0 radical (unpaired) electrons. The van der Waals surface area contributed by atoms with Crippen molar-refractivity contribution in [3.63, 3.8) is 0 Å². The van der Waals surface area contributed by atoms with Crippen LogP contribution in [0, 0.1) is 24.2 Å². The van der Waals surface area contributed by atoms with Crippen LogP contribution < -0.4 is 5.32 Å². The number of aryl methyl sites for hydroxylation is 1. The first kappa shape index (κ1) is 11.6. The monoisotopic (exact) mass is 298 g/mol. The van der Waals surface area contributed by atoms with Crippen LogP contribution in [0.1, 0.15) is 28.1 Å². The fourth-order valence-corrected chi connectivity index (χ4v) is 3.04. The van der Waals surface area contributed by atoms with E-state index in [1.54, 1.807) is 0 Å². The molecule has 0 saturated heterocycles. The largest absolute Gasteiger partial charge is 0.335 e. The first-order valence-electron chi connectivity index (χ1n) is 5.07. The van der Waals surface area contributed by atoms with Crippen LogP contribution in [-0.2, 0) is 0 Å². The number of carbonyl (C=O) groups excluding carboxylic acids is 1. The Morgan fingerprint density at radius 1 is 1.75 bits per heavy atom. The highest BCUT2D eigenvalue weighted by Crippen LogP contribution is 2.33. The molecule has 5 heteroatoms. The zero-order valence-corrected chi connectivity index (χ0v) is 11.2. The van der Waals surface area contributed by atoms with Crippen molar-refractivity contribution >= 4 is 33.2 Å². The van der Waals surface area contributed by atoms with Crippen LogP contribution in [0.15, 0.2) is 9.85 Å². The fraction of sp³-hybridized carbons (Fsp3) is 0.455. The van der Waals surface area contributed by atoms with E-state index in [2.05, 4.69) is 27.3 Å². The highest BCUT2D eigenvalue weighted by Gasteiger charge is 2.33. The molecular formula is C11H11BrN2OS. The van der Waals surface area contributed by atoms with Crippen LogP contribution >= 0.6 is 27.3 Å². The van der Waals surface area contributed by atoms with Crippen molar-refractivity contribution in [1.29, 1.82) is 5.26 Å². The molecule has 1 amide bonds. The number of nitrogens with one attached hydrogen (secondary N) is 1. The second kappa shape index (κ2) is 4.56. The molecule has 0 spiro atoms. The first-order chi connectivity index (χ1) is 7.63. The predicted molar refractivity (Wildman–Crippen MR) is 66.3 cm³/mol. The third-order valence-corrected chi connectivity index (χ3v) is 5.01. The van der Waals surface area contributed by atoms with E-state index in [0.29, 0.717) is 10.8 Å². The molecule has 84 valence electrons. The van der Waals surface area contributed by atoms with Crippen LogP contribution in [0.25, 0.3) is 0 Å². The maximum Gasteiger partial charge on any atom is 0.263 e. The lowest BCUT2D eigenvalue weighted by Crippen LogP contribution is -2.34. The van der Waals surface area contributed by atoms with Gasteiger partial charge in [-0.2, -0.15) is 5.26 Å². The Morgan fingerprint density at radius 3 is 2.88 bits per heavy atom. The Bertz CT molecular complexity index is 459. The van der Waals surface area contributed by atoms with Crippen molar-refractivity contribution in [3.8, 4) is 6.07 Å². The SMILES string of the molecule is Cc1csc(C(=O)N[C@H](C#N)C2CC2)c1Br. The lowest BCUT2D eigenvalue weighted by atomic mass is 10.2. The number of hydrogen-bond donors (Lipinski definition) is 1. The maximum absolute atomic E-state index is 11.9. The van der Waals surface area contributed by atoms with Crippen molar-refractivity contribution in [3.05, 3.63) is 20.3 Å². The Morgan fingerprint density at radius 2 is 2.44 bits per heavy atom. The van der Waals surface area contributed by atoms with Gasteiger partial charge in [0.25, 0.3) is 5.91 Å². The van der Waals surface area contributed by atoms with E-state index in [1.807, 2.05) is 12.3 Å². The van der Waals surface area contributed by atoms with E-state index < -0.39 is 0 Å². The van der Waals surface area contributed by atoms with Gasteiger partial charge in [0, 0.05) is 4.47 Å². The number of rotatable bonds is 3. The number of hydrogen-bond acceptors (Lipinski definition) is 3. The highest BCUT2D eigenvalue weighted by molar-refractivity contribution is 9.10. The average molecular weight is 299 g/mol. The summed E-state index contributed by atoms with van der Waals surface area (Å²) in [6, 6.07) is 1.82. The second-order valence-electron chi connectivity index (χ2n) is 3.98. The van der Waals surface area contributed by atoms with Gasteiger partial charge in [-0.3, -0.25) is 4.79 Å². The van der Waals surface area contributed by atoms with E-state index in [-0.39, 0.29) is 11.9 Å². The molecule has 1 heterocycles. The van der Waals surface area contributed by atoms with Gasteiger partial charge in [-0.25, -0.2) is 0 Å². The van der Waals surface area contributed by atoms with E-state index in [4.69, 9.17) is 5.26 Å². The van der Waals surface area contributed by atoms with Crippen LogP contribution in [0.5, 0.6) is 0 Å². The molecule has 1 N–H and O–H groups in total. The summed E-state index contributed by atoms with van der Waals surface area (Å²) in [5.74, 6) is 0.206. The minimum atomic E-state index is -0.332. The molecule has 1 aromatic rings. The number of thiophene rings is 1. The van der Waals surface area contributed by atoms with Crippen LogP contribution in [0.3, 0.4) is 0 Å². The molecule has 1 aliphatic rings. The van der Waals surface area contributed by atoms with Crippen molar-refractivity contribution in [2.24, 2.45) is 5.92 Å². The summed E-state index contributed by atoms with van der Waals surface area (Å²) in [6.07, 6.45) is 2.09. The van der Waals surface area contributed by atoms with Gasteiger partial charge in [0.2, 0.25) is 0 Å². The number of nitriles is 1. The Kier molecular flexibility index (Phi) is 3.31. The van der Waals surface area contributed by atoms with Crippen LogP contribution in [0.2, 0.25) is 0 Å². The van der Waals surface area contributed by atoms with E-state index >= 15 is 0 Å². The maximum atomic E-state index is 11.9. The molecule has 1 saturated carbocycles. The third-order valence-electron chi connectivity index (χ3n) is 2.62. The lowest BCUT2D eigenvalue weighted by molar-refractivity contribution is 0.0945. The van der Waals surface area contributed by atoms with Crippen molar-refractivity contribution < 1.29 is 4.79 Å². The van der Waals surface area contributed by atoms with Crippen molar-refractivity contribution in [1.82, 2.24) is 5.32 Å². The number of halogens is 1. The summed E-state index contributed by atoms with van der Waals surface area (Å²) in [5.41, 5.74) is 1.05. The van der Waals surface area contributed by atoms with E-state index in [9.17, 15) is 4.79 Å². The topological polar surface area (TPSA) is 52.9 Å². The summed E-state index contributed by atoms with van der Waals surface area (Å²) in [6.45, 7) is 1.94. The molecular weight excluding hydrogens is 288 g/mol. The molecule has 0 bridgehead atoms. The minimum absolute atomic E-state index is 0.150. The summed E-state index contributed by atoms with van der Waals surface area (Å²) in [7, 11) is 0. The minimum Gasteiger partial charge on any atom is -0.335 e. The summed E-state index contributed by atoms with van der Waals surface area (Å²) in [4.78, 5) is 12.5. The Balaban J connectivity index is 2.08. The van der Waals surface area contributed by atoms with Crippen LogP contribution in [-0.4, -0.2) is 11.9 Å². The number of nitrogens with zero attached hydrogens (tertiary/aromatic N) is 1. The molecule has 1 aliphatic carbocycles. The predicted octanol–water partition coefficient (Wildman–Crippen LogP) is 2.85. The molecule has 0 aliphatic heterocycles. The Labute approximate surface area is 107 Å². The van der Waals surface area contributed by atoms with Gasteiger partial charge in [-0.15, -0.1) is 11.3 Å². The molecule has 2 rings (SSSR count). The van der Waals surface area contributed by atoms with Crippen LogP contribution in [0.4, 0.5) is 0 Å². The Hall–Kier alpha value is -0.860. The number of carbonyl (C=O) groups is 1. The van der Waals surface area contributed by atoms with Gasteiger partial charge < -0.3 is 5.32 Å². The first-order valence-corrected chi connectivity index (χ1v) is 6.75. The summed E-state index contributed by atoms with van der Waals surface area (Å²) < 4.78 is 0.836. The summed E-state index contributed by atoms with van der Waals surface area (Å²) >= 11 is 4.78. The summed E-state index contributed by atoms with van der Waals surface area (Å²) in [5, 5.41) is 13.6. The van der Waals surface area contributed by atoms with Gasteiger partial charge in [0.15, 0.2) is 0 Å². The average Bonchev–Trinajstić information content (AvgIpc) is 3.04. The van der Waals surface area contributed by atoms with Gasteiger partial charge in [-0.1, -0.05) is 0 Å². The van der Waals surface area contributed by atoms with E-state index in [1.165, 1.54) is 11.3 Å². The molecule has 1 fully saturated rings. The van der Waals surface area contributed by atoms with E-state index in [0.717, 1.165) is 22.9 Å². The van der Waals surface area contributed by atoms with Gasteiger partial charge in [0.1, 0.15) is 10.9 Å². The van der Waals surface area contributed by atoms with Gasteiger partial charge >= 0.3 is 0 Å². The van der Waals surface area contributed by atoms with Crippen molar-refractivity contribution in [2.75, 3.05) is 0 Å². The third kappa shape index (κ3) is 2.28. The van der Waals surface area contributed by atoms with Gasteiger partial charge in [-0.05, 0) is 52.6 Å². The lowest BCUT2D eigenvalue weighted by Gasteiger charge is -2.09. The molecule has 1 atom stereocenters. The zero-order valence-electron chi connectivity index (χ0n) is 8.79. The quantitative estimate of drug-likeness (QED) is 0.933. The van der Waals surface area contributed by atoms with Gasteiger partial charge in [0.05, 0.1) is 6.07 Å². The molecule has 0 aromatic carbocycles. The zero-order chi connectivity index (χ0) is 11.7. The number of amides is 1. The standard InChI is InChI=1S/C11H11BrN2OS/c1-6-5-16-10(9(6)12)11(15)14-8(4-13)7-2-3-7/h5,7-8H,2-3H2,1H3,(H,14,15)/t8-/m1/s1. The molecule has 0 unspecified atom stereocenters. The van der Waals surface area contributed by atoms with Crippen molar-refractivity contribution in [2.45, 2.75) is 25.8 Å². The highest BCUT2D eigenvalue weighted by atomic mass is 79.9. The smallest absolute Gasteiger partial charge is 0.263 e. The normalized spacial score (nSPS) is 16.6. The second-order valence-corrected chi connectivity index (χ2v) is 5.65. The molecule has 16 heavy (non-hydrogen) atoms. The molecule has 3 nitrogen and oxygen atoms in total. The fourth-order valence-electron chi connectivity index (χ4n) is 1.47. The molecule has 1 aromatic heterocycles.